The minimum absolute atomic E-state index is 0.307. The van der Waals surface area contributed by atoms with Gasteiger partial charge in [0.05, 0.1) is 10.6 Å². The Morgan fingerprint density at radius 3 is 2.79 bits per heavy atom. The average molecular weight is 231 g/mol. The number of carbonyl (C=O) groups excluding carboxylic acids is 1. The fourth-order valence-electron chi connectivity index (χ4n) is 0.857. The van der Waals surface area contributed by atoms with Crippen LogP contribution in [0.4, 0.5) is 0 Å². The van der Waals surface area contributed by atoms with E-state index in [9.17, 15) is 4.79 Å². The number of benzene rings is 1. The zero-order valence-corrected chi connectivity index (χ0v) is 8.93. The van der Waals surface area contributed by atoms with E-state index in [1.54, 1.807) is 19.1 Å². The Bertz CT molecular complexity index is 377. The summed E-state index contributed by atoms with van der Waals surface area (Å²) in [6.45, 7) is 1.70. The molecular formula is C9H8Cl2N2O. The van der Waals surface area contributed by atoms with Crippen LogP contribution in [0.5, 0.6) is 0 Å². The van der Waals surface area contributed by atoms with Crippen molar-refractivity contribution >= 4 is 35.3 Å². The molecule has 1 aromatic rings. The van der Waals surface area contributed by atoms with Crippen molar-refractivity contribution in [2.24, 2.45) is 5.10 Å². The summed E-state index contributed by atoms with van der Waals surface area (Å²) in [6, 6.07) is 4.65. The molecule has 5 heteroatoms. The van der Waals surface area contributed by atoms with Crippen molar-refractivity contribution < 1.29 is 4.79 Å². The number of rotatable bonds is 2. The van der Waals surface area contributed by atoms with Gasteiger partial charge in [0, 0.05) is 11.2 Å². The molecule has 14 heavy (non-hydrogen) atoms. The summed E-state index contributed by atoms with van der Waals surface area (Å²) in [5.74, 6) is -0.357. The number of amides is 1. The molecule has 1 rings (SSSR count). The summed E-state index contributed by atoms with van der Waals surface area (Å²) < 4.78 is 0. The van der Waals surface area contributed by atoms with Crippen LogP contribution in [0.25, 0.3) is 0 Å². The molecule has 0 spiro atoms. The third-order valence-electron chi connectivity index (χ3n) is 1.47. The van der Waals surface area contributed by atoms with Crippen molar-refractivity contribution in [1.82, 2.24) is 5.43 Å². The van der Waals surface area contributed by atoms with E-state index < -0.39 is 0 Å². The summed E-state index contributed by atoms with van der Waals surface area (Å²) in [6.07, 6.45) is 1.47. The molecule has 0 radical (unpaired) electrons. The summed E-state index contributed by atoms with van der Waals surface area (Å²) in [7, 11) is 0. The van der Waals surface area contributed by atoms with Crippen LogP contribution in [0.3, 0.4) is 0 Å². The maximum absolute atomic E-state index is 11.4. The van der Waals surface area contributed by atoms with Gasteiger partial charge in [-0.05, 0) is 25.1 Å². The van der Waals surface area contributed by atoms with E-state index in [0.717, 1.165) is 0 Å². The molecular weight excluding hydrogens is 223 g/mol. The number of nitrogens with one attached hydrogen (secondary N) is 1. The normalized spacial score (nSPS) is 10.5. The van der Waals surface area contributed by atoms with Crippen LogP contribution in [0.2, 0.25) is 10.0 Å². The largest absolute Gasteiger partial charge is 0.272 e. The molecule has 1 N–H and O–H groups in total. The van der Waals surface area contributed by atoms with Crippen molar-refractivity contribution in [3.05, 3.63) is 33.8 Å². The van der Waals surface area contributed by atoms with E-state index >= 15 is 0 Å². The monoisotopic (exact) mass is 230 g/mol. The van der Waals surface area contributed by atoms with Gasteiger partial charge in [0.1, 0.15) is 0 Å². The first kappa shape index (κ1) is 11.0. The summed E-state index contributed by atoms with van der Waals surface area (Å²) in [5.41, 5.74) is 2.66. The van der Waals surface area contributed by atoms with Gasteiger partial charge in [0.25, 0.3) is 5.91 Å². The van der Waals surface area contributed by atoms with Gasteiger partial charge in [-0.15, -0.1) is 0 Å². The Balaban J connectivity index is 2.90. The van der Waals surface area contributed by atoms with Gasteiger partial charge in [0.15, 0.2) is 0 Å². The predicted octanol–water partition coefficient (Wildman–Crippen LogP) is 2.73. The Labute approximate surface area is 91.7 Å². The van der Waals surface area contributed by atoms with Crippen LogP contribution >= 0.6 is 23.2 Å². The molecule has 1 amide bonds. The summed E-state index contributed by atoms with van der Waals surface area (Å²) in [5, 5.41) is 4.39. The molecule has 0 atom stereocenters. The molecule has 0 aliphatic rings. The highest BCUT2D eigenvalue weighted by Gasteiger charge is 2.09. The van der Waals surface area contributed by atoms with Crippen LogP contribution in [-0.4, -0.2) is 12.1 Å². The molecule has 0 aliphatic carbocycles. The molecule has 0 saturated carbocycles. The quantitative estimate of drug-likeness (QED) is 0.617. The fraction of sp³-hybridized carbons (Fsp3) is 0.111. The van der Waals surface area contributed by atoms with Crippen molar-refractivity contribution in [3.63, 3.8) is 0 Å². The number of hydrazone groups is 1. The van der Waals surface area contributed by atoms with Crippen molar-refractivity contribution in [3.8, 4) is 0 Å². The lowest BCUT2D eigenvalue weighted by molar-refractivity contribution is 0.0955. The fourth-order valence-corrected chi connectivity index (χ4v) is 1.35. The molecule has 0 aromatic heterocycles. The standard InChI is InChI=1S/C9H8Cl2N2O/c1-2-12-13-9(14)7-4-3-6(10)5-8(7)11/h2-5H,1H3,(H,13,14)/b12-2-. The third kappa shape index (κ3) is 2.72. The van der Waals surface area contributed by atoms with E-state index in [0.29, 0.717) is 15.6 Å². The van der Waals surface area contributed by atoms with Gasteiger partial charge in [-0.1, -0.05) is 23.2 Å². The summed E-state index contributed by atoms with van der Waals surface area (Å²) in [4.78, 5) is 11.4. The Morgan fingerprint density at radius 1 is 1.50 bits per heavy atom. The van der Waals surface area contributed by atoms with Crippen LogP contribution in [-0.2, 0) is 0 Å². The van der Waals surface area contributed by atoms with Crippen LogP contribution in [0, 0.1) is 0 Å². The zero-order chi connectivity index (χ0) is 10.6. The zero-order valence-electron chi connectivity index (χ0n) is 7.42. The smallest absolute Gasteiger partial charge is 0.267 e. The molecule has 3 nitrogen and oxygen atoms in total. The van der Waals surface area contributed by atoms with Crippen LogP contribution in [0.15, 0.2) is 23.3 Å². The lowest BCUT2D eigenvalue weighted by atomic mass is 10.2. The maximum atomic E-state index is 11.4. The molecule has 0 saturated heterocycles. The second kappa shape index (κ2) is 4.98. The number of halogens is 2. The highest BCUT2D eigenvalue weighted by atomic mass is 35.5. The molecule has 0 bridgehead atoms. The number of nitrogens with zero attached hydrogens (tertiary/aromatic N) is 1. The minimum Gasteiger partial charge on any atom is -0.267 e. The van der Waals surface area contributed by atoms with E-state index in [1.807, 2.05) is 0 Å². The third-order valence-corrected chi connectivity index (χ3v) is 2.02. The number of carbonyl (C=O) groups is 1. The van der Waals surface area contributed by atoms with Gasteiger partial charge >= 0.3 is 0 Å². The molecule has 1 aromatic carbocycles. The van der Waals surface area contributed by atoms with E-state index in [1.165, 1.54) is 12.3 Å². The van der Waals surface area contributed by atoms with Gasteiger partial charge in [0.2, 0.25) is 0 Å². The topological polar surface area (TPSA) is 41.5 Å². The van der Waals surface area contributed by atoms with Gasteiger partial charge in [-0.2, -0.15) is 5.10 Å². The SMILES string of the molecule is C/C=N\NC(=O)c1ccc(Cl)cc1Cl. The Morgan fingerprint density at radius 2 is 2.21 bits per heavy atom. The molecule has 0 fully saturated rings. The number of hydrogen-bond donors (Lipinski definition) is 1. The minimum atomic E-state index is -0.357. The first-order chi connectivity index (χ1) is 6.65. The molecule has 74 valence electrons. The average Bonchev–Trinajstić information content (AvgIpc) is 2.14. The molecule has 0 aliphatic heterocycles. The van der Waals surface area contributed by atoms with Gasteiger partial charge < -0.3 is 0 Å². The molecule has 0 heterocycles. The van der Waals surface area contributed by atoms with Crippen LogP contribution in [0.1, 0.15) is 17.3 Å². The second-order valence-electron chi connectivity index (χ2n) is 2.45. The van der Waals surface area contributed by atoms with Crippen LogP contribution < -0.4 is 5.43 Å². The van der Waals surface area contributed by atoms with E-state index in [2.05, 4.69) is 10.5 Å². The maximum Gasteiger partial charge on any atom is 0.272 e. The summed E-state index contributed by atoms with van der Waals surface area (Å²) >= 11 is 11.5. The Kier molecular flexibility index (Phi) is 3.92. The van der Waals surface area contributed by atoms with E-state index in [-0.39, 0.29) is 5.91 Å². The lowest BCUT2D eigenvalue weighted by Crippen LogP contribution is -2.17. The van der Waals surface area contributed by atoms with Crippen molar-refractivity contribution in [2.45, 2.75) is 6.92 Å². The van der Waals surface area contributed by atoms with Crippen molar-refractivity contribution in [2.75, 3.05) is 0 Å². The number of hydrogen-bond acceptors (Lipinski definition) is 2. The van der Waals surface area contributed by atoms with Crippen molar-refractivity contribution in [1.29, 1.82) is 0 Å². The first-order valence-corrected chi connectivity index (χ1v) is 4.64. The predicted molar refractivity (Wildman–Crippen MR) is 58.1 cm³/mol. The highest BCUT2D eigenvalue weighted by Crippen LogP contribution is 2.20. The first-order valence-electron chi connectivity index (χ1n) is 3.88. The second-order valence-corrected chi connectivity index (χ2v) is 3.30. The highest BCUT2D eigenvalue weighted by molar-refractivity contribution is 6.36. The van der Waals surface area contributed by atoms with Gasteiger partial charge in [-0.3, -0.25) is 4.79 Å². The lowest BCUT2D eigenvalue weighted by Gasteiger charge is -2.02. The van der Waals surface area contributed by atoms with Gasteiger partial charge in [-0.25, -0.2) is 5.43 Å². The molecule has 0 unspecified atom stereocenters. The Hall–Kier alpha value is -1.06. The van der Waals surface area contributed by atoms with E-state index in [4.69, 9.17) is 23.2 Å².